The Morgan fingerprint density at radius 2 is 1.89 bits per heavy atom. The van der Waals surface area contributed by atoms with Gasteiger partial charge >= 0.3 is 0 Å². The number of rotatable bonds is 3. The minimum atomic E-state index is -1.05. The van der Waals surface area contributed by atoms with Crippen molar-refractivity contribution >= 4 is 27.5 Å². The largest absolute Gasteiger partial charge is 0.323 e. The molecule has 2 aromatic carbocycles. The number of carbonyl (C=O) groups excluding carboxylic acids is 1. The first-order chi connectivity index (χ1) is 9.06. The van der Waals surface area contributed by atoms with E-state index in [9.17, 15) is 13.6 Å². The Bertz CT molecular complexity index is 616. The van der Waals surface area contributed by atoms with Gasteiger partial charge in [-0.05, 0) is 29.8 Å². The number of hydrogen-bond acceptors (Lipinski definition) is 1. The predicted molar refractivity (Wildman–Crippen MR) is 72.8 cm³/mol. The molecule has 1 N–H and O–H groups in total. The van der Waals surface area contributed by atoms with Crippen molar-refractivity contribution in [3.8, 4) is 0 Å². The summed E-state index contributed by atoms with van der Waals surface area (Å²) in [4.78, 5) is 11.7. The zero-order valence-corrected chi connectivity index (χ0v) is 11.4. The number of nitrogens with one attached hydrogen (secondary N) is 1. The standard InChI is InChI=1S/C14H10BrF2NO/c15-10-4-1-3-9(7-10)8-13(19)18-12-6-2-5-11(16)14(12)17/h1-7H,8H2,(H,18,19). The highest BCUT2D eigenvalue weighted by atomic mass is 79.9. The van der Waals surface area contributed by atoms with Gasteiger partial charge in [0.25, 0.3) is 0 Å². The summed E-state index contributed by atoms with van der Waals surface area (Å²) in [5, 5.41) is 2.35. The van der Waals surface area contributed by atoms with Crippen molar-refractivity contribution in [3.63, 3.8) is 0 Å². The molecule has 2 rings (SSSR count). The van der Waals surface area contributed by atoms with Gasteiger partial charge in [0, 0.05) is 4.47 Å². The Morgan fingerprint density at radius 3 is 2.63 bits per heavy atom. The van der Waals surface area contributed by atoms with Crippen LogP contribution in [0, 0.1) is 11.6 Å². The monoisotopic (exact) mass is 325 g/mol. The van der Waals surface area contributed by atoms with E-state index in [2.05, 4.69) is 21.2 Å². The Morgan fingerprint density at radius 1 is 1.16 bits per heavy atom. The molecule has 2 nitrogen and oxygen atoms in total. The van der Waals surface area contributed by atoms with Crippen molar-refractivity contribution in [1.82, 2.24) is 0 Å². The van der Waals surface area contributed by atoms with Gasteiger partial charge in [0.2, 0.25) is 5.91 Å². The molecule has 0 bridgehead atoms. The van der Waals surface area contributed by atoms with Crippen LogP contribution in [-0.2, 0) is 11.2 Å². The van der Waals surface area contributed by atoms with Crippen LogP contribution in [0.4, 0.5) is 14.5 Å². The molecular formula is C14H10BrF2NO. The maximum atomic E-state index is 13.4. The average molecular weight is 326 g/mol. The van der Waals surface area contributed by atoms with Crippen LogP contribution in [0.2, 0.25) is 0 Å². The summed E-state index contributed by atoms with van der Waals surface area (Å²) in [6, 6.07) is 10.9. The number of benzene rings is 2. The van der Waals surface area contributed by atoms with E-state index in [-0.39, 0.29) is 12.1 Å². The van der Waals surface area contributed by atoms with Gasteiger partial charge in [-0.3, -0.25) is 4.79 Å². The van der Waals surface area contributed by atoms with Crippen molar-refractivity contribution in [2.24, 2.45) is 0 Å². The molecule has 0 radical (unpaired) electrons. The number of halogens is 3. The first kappa shape index (κ1) is 13.7. The van der Waals surface area contributed by atoms with E-state index < -0.39 is 17.5 Å². The van der Waals surface area contributed by atoms with Crippen molar-refractivity contribution in [3.05, 3.63) is 64.1 Å². The van der Waals surface area contributed by atoms with Gasteiger partial charge in [0.1, 0.15) is 0 Å². The minimum Gasteiger partial charge on any atom is -0.323 e. The van der Waals surface area contributed by atoms with Crippen molar-refractivity contribution in [2.45, 2.75) is 6.42 Å². The molecule has 0 fully saturated rings. The lowest BCUT2D eigenvalue weighted by Gasteiger charge is -2.07. The van der Waals surface area contributed by atoms with Crippen LogP contribution in [0.1, 0.15) is 5.56 Å². The molecule has 19 heavy (non-hydrogen) atoms. The topological polar surface area (TPSA) is 29.1 Å². The molecule has 0 aromatic heterocycles. The fraction of sp³-hybridized carbons (Fsp3) is 0.0714. The summed E-state index contributed by atoms with van der Waals surface area (Å²) >= 11 is 3.30. The molecule has 1 amide bonds. The molecule has 0 aliphatic carbocycles. The molecule has 0 aliphatic rings. The second-order valence-corrected chi connectivity index (χ2v) is 4.87. The predicted octanol–water partition coefficient (Wildman–Crippen LogP) is 3.91. The van der Waals surface area contributed by atoms with E-state index in [0.29, 0.717) is 0 Å². The SMILES string of the molecule is O=C(Cc1cccc(Br)c1)Nc1cccc(F)c1F. The van der Waals surface area contributed by atoms with Gasteiger partial charge < -0.3 is 5.32 Å². The number of carbonyl (C=O) groups is 1. The smallest absolute Gasteiger partial charge is 0.228 e. The van der Waals surface area contributed by atoms with E-state index >= 15 is 0 Å². The third kappa shape index (κ3) is 3.61. The third-order valence-electron chi connectivity index (χ3n) is 2.48. The molecule has 0 heterocycles. The highest BCUT2D eigenvalue weighted by molar-refractivity contribution is 9.10. The van der Waals surface area contributed by atoms with Crippen LogP contribution >= 0.6 is 15.9 Å². The maximum absolute atomic E-state index is 13.4. The zero-order valence-electron chi connectivity index (χ0n) is 9.79. The highest BCUT2D eigenvalue weighted by Gasteiger charge is 2.11. The summed E-state index contributed by atoms with van der Waals surface area (Å²) in [7, 11) is 0. The summed E-state index contributed by atoms with van der Waals surface area (Å²) < 4.78 is 27.2. The Labute approximate surface area is 117 Å². The normalized spacial score (nSPS) is 10.3. The number of anilines is 1. The quantitative estimate of drug-likeness (QED) is 0.910. The van der Waals surface area contributed by atoms with Crippen molar-refractivity contribution in [1.29, 1.82) is 0 Å². The van der Waals surface area contributed by atoms with Crippen LogP contribution in [0.5, 0.6) is 0 Å². The fourth-order valence-corrected chi connectivity index (χ4v) is 2.07. The lowest BCUT2D eigenvalue weighted by atomic mass is 10.1. The van der Waals surface area contributed by atoms with Gasteiger partial charge in [-0.15, -0.1) is 0 Å². The minimum absolute atomic E-state index is 0.0927. The lowest BCUT2D eigenvalue weighted by molar-refractivity contribution is -0.115. The van der Waals surface area contributed by atoms with Gasteiger partial charge in [-0.2, -0.15) is 0 Å². The summed E-state index contributed by atoms with van der Waals surface area (Å²) in [6.07, 6.45) is 0.0927. The van der Waals surface area contributed by atoms with Crippen LogP contribution in [-0.4, -0.2) is 5.91 Å². The zero-order chi connectivity index (χ0) is 13.8. The van der Waals surface area contributed by atoms with Crippen LogP contribution < -0.4 is 5.32 Å². The molecule has 0 saturated heterocycles. The number of hydrogen-bond donors (Lipinski definition) is 1. The van der Waals surface area contributed by atoms with Gasteiger partial charge in [-0.1, -0.05) is 34.1 Å². The molecule has 0 saturated carbocycles. The summed E-state index contributed by atoms with van der Waals surface area (Å²) in [6.45, 7) is 0. The third-order valence-corrected chi connectivity index (χ3v) is 2.97. The highest BCUT2D eigenvalue weighted by Crippen LogP contribution is 2.17. The van der Waals surface area contributed by atoms with E-state index in [1.165, 1.54) is 12.1 Å². The lowest BCUT2D eigenvalue weighted by Crippen LogP contribution is -2.15. The van der Waals surface area contributed by atoms with Crippen molar-refractivity contribution in [2.75, 3.05) is 5.32 Å². The van der Waals surface area contributed by atoms with Gasteiger partial charge in [0.15, 0.2) is 11.6 Å². The summed E-state index contributed by atoms with van der Waals surface area (Å²) in [5.74, 6) is -2.44. The number of amides is 1. The second-order valence-electron chi connectivity index (χ2n) is 3.96. The molecule has 0 unspecified atom stereocenters. The van der Waals surface area contributed by atoms with Gasteiger partial charge in [-0.25, -0.2) is 8.78 Å². The maximum Gasteiger partial charge on any atom is 0.228 e. The molecule has 5 heteroatoms. The molecule has 0 spiro atoms. The Hall–Kier alpha value is -1.75. The fourth-order valence-electron chi connectivity index (χ4n) is 1.63. The molecule has 0 aliphatic heterocycles. The molecule has 2 aromatic rings. The Kier molecular flexibility index (Phi) is 4.27. The molecular weight excluding hydrogens is 316 g/mol. The van der Waals surface area contributed by atoms with Crippen LogP contribution in [0.3, 0.4) is 0 Å². The van der Waals surface area contributed by atoms with Gasteiger partial charge in [0.05, 0.1) is 12.1 Å². The first-order valence-corrected chi connectivity index (χ1v) is 6.34. The van der Waals surface area contributed by atoms with E-state index in [0.717, 1.165) is 16.1 Å². The van der Waals surface area contributed by atoms with Crippen molar-refractivity contribution < 1.29 is 13.6 Å². The van der Waals surface area contributed by atoms with E-state index in [1.54, 1.807) is 18.2 Å². The first-order valence-electron chi connectivity index (χ1n) is 5.54. The van der Waals surface area contributed by atoms with E-state index in [1.807, 2.05) is 6.07 Å². The Balaban J connectivity index is 2.08. The molecule has 98 valence electrons. The van der Waals surface area contributed by atoms with Crippen LogP contribution in [0.25, 0.3) is 0 Å². The average Bonchev–Trinajstić information content (AvgIpc) is 2.35. The molecule has 0 atom stereocenters. The van der Waals surface area contributed by atoms with E-state index in [4.69, 9.17) is 0 Å². The summed E-state index contributed by atoms with van der Waals surface area (Å²) in [5.41, 5.74) is 0.628. The second kappa shape index (κ2) is 5.93. The van der Waals surface area contributed by atoms with Crippen LogP contribution in [0.15, 0.2) is 46.9 Å².